The van der Waals surface area contributed by atoms with E-state index in [0.29, 0.717) is 0 Å². The van der Waals surface area contributed by atoms with E-state index in [2.05, 4.69) is 0 Å². The monoisotopic (exact) mass is 370 g/mol. The Morgan fingerprint density at radius 1 is 0.808 bits per heavy atom. The minimum absolute atomic E-state index is 0.0544. The van der Waals surface area contributed by atoms with Crippen LogP contribution in [0.4, 0.5) is 17.6 Å². The molecule has 0 radical (unpaired) electrons. The largest absolute Gasteiger partial charge is 0.478 e. The van der Waals surface area contributed by atoms with Crippen molar-refractivity contribution in [3.8, 4) is 0 Å². The van der Waals surface area contributed by atoms with E-state index in [1.807, 2.05) is 0 Å². The van der Waals surface area contributed by atoms with Crippen LogP contribution < -0.4 is 0 Å². The zero-order chi connectivity index (χ0) is 19.0. The van der Waals surface area contributed by atoms with Gasteiger partial charge in [-0.25, -0.2) is 4.79 Å². The third-order valence-electron chi connectivity index (χ3n) is 4.11. The van der Waals surface area contributed by atoms with Gasteiger partial charge in [0.1, 0.15) is 13.2 Å². The lowest BCUT2D eigenvalue weighted by Gasteiger charge is -2.33. The molecule has 0 saturated carbocycles. The van der Waals surface area contributed by atoms with Gasteiger partial charge in [-0.05, 0) is 12.1 Å². The van der Waals surface area contributed by atoms with Crippen LogP contribution in [0.3, 0.4) is 0 Å². The van der Waals surface area contributed by atoms with Gasteiger partial charge in [0.15, 0.2) is 0 Å². The van der Waals surface area contributed by atoms with Crippen molar-refractivity contribution in [2.24, 2.45) is 0 Å². The number of rotatable bonds is 3. The van der Waals surface area contributed by atoms with Gasteiger partial charge < -0.3 is 14.6 Å². The number of carbonyl (C=O) groups is 1. The van der Waals surface area contributed by atoms with Crippen LogP contribution in [-0.4, -0.2) is 36.1 Å². The number of carboxylic acid groups (broad SMARTS) is 1. The lowest BCUT2D eigenvalue weighted by Crippen LogP contribution is -2.45. The lowest BCUT2D eigenvalue weighted by atomic mass is 9.96. The molecule has 0 atom stereocenters. The Labute approximate surface area is 146 Å². The Kier molecular flexibility index (Phi) is 4.49. The maximum absolute atomic E-state index is 13.8. The van der Waals surface area contributed by atoms with E-state index >= 15 is 0 Å². The Balaban J connectivity index is 2.11. The first-order valence-electron chi connectivity index (χ1n) is 7.61. The van der Waals surface area contributed by atoms with Crippen molar-refractivity contribution in [3.63, 3.8) is 0 Å². The van der Waals surface area contributed by atoms with Crippen LogP contribution in [-0.2, 0) is 15.3 Å². The zero-order valence-electron chi connectivity index (χ0n) is 13.3. The molecule has 1 heterocycles. The van der Waals surface area contributed by atoms with E-state index in [1.54, 1.807) is 18.2 Å². The molecule has 4 nitrogen and oxygen atoms in total. The summed E-state index contributed by atoms with van der Waals surface area (Å²) in [6.45, 7) is -3.12. The number of halogens is 4. The number of benzene rings is 2. The first kappa shape index (κ1) is 18.3. The van der Waals surface area contributed by atoms with Crippen LogP contribution in [0, 0.1) is 0 Å². The number of alkyl halides is 4. The van der Waals surface area contributed by atoms with E-state index in [1.165, 1.54) is 36.4 Å². The number of hydrogen-bond donors (Lipinski definition) is 1. The van der Waals surface area contributed by atoms with Gasteiger partial charge in [-0.15, -0.1) is 0 Å². The van der Waals surface area contributed by atoms with Crippen molar-refractivity contribution in [1.29, 1.82) is 0 Å². The van der Waals surface area contributed by atoms with Gasteiger partial charge in [-0.1, -0.05) is 42.5 Å². The Bertz CT molecular complexity index is 773. The van der Waals surface area contributed by atoms with Gasteiger partial charge >= 0.3 is 17.8 Å². The maximum Gasteiger partial charge on any atom is 0.335 e. The van der Waals surface area contributed by atoms with Gasteiger partial charge in [0, 0.05) is 11.1 Å². The summed E-state index contributed by atoms with van der Waals surface area (Å²) in [6, 6.07) is 12.8. The molecule has 0 bridgehead atoms. The molecule has 1 fully saturated rings. The van der Waals surface area contributed by atoms with E-state index in [4.69, 9.17) is 14.6 Å². The normalized spacial score (nSPS) is 20.9. The van der Waals surface area contributed by atoms with E-state index in [-0.39, 0.29) is 16.7 Å². The summed E-state index contributed by atoms with van der Waals surface area (Å²) in [4.78, 5) is 11.0. The van der Waals surface area contributed by atoms with Crippen molar-refractivity contribution >= 4 is 5.97 Å². The predicted octanol–water partition coefficient (Wildman–Crippen LogP) is 3.90. The third-order valence-corrected chi connectivity index (χ3v) is 4.11. The summed E-state index contributed by atoms with van der Waals surface area (Å²) in [5.41, 5.74) is 0.306. The van der Waals surface area contributed by atoms with Crippen LogP contribution in [0.25, 0.3) is 0 Å². The average molecular weight is 370 g/mol. The highest BCUT2D eigenvalue weighted by Crippen LogP contribution is 2.45. The highest BCUT2D eigenvalue weighted by molar-refractivity contribution is 5.87. The fourth-order valence-electron chi connectivity index (χ4n) is 2.63. The molecule has 8 heteroatoms. The molecular formula is C18H14F4O4. The second-order valence-corrected chi connectivity index (χ2v) is 5.85. The van der Waals surface area contributed by atoms with E-state index < -0.39 is 36.8 Å². The van der Waals surface area contributed by atoms with Crippen molar-refractivity contribution in [2.45, 2.75) is 17.6 Å². The molecule has 1 aliphatic rings. The standard InChI is InChI=1S/C18H14F4O4/c19-16(20)10-25-18(26-11-17(16,21)22,13-4-2-1-3-5-13)14-8-6-12(7-9-14)15(23)24/h1-9H,10-11H2,(H,23,24). The van der Waals surface area contributed by atoms with Crippen LogP contribution >= 0.6 is 0 Å². The second kappa shape index (κ2) is 6.37. The van der Waals surface area contributed by atoms with Crippen molar-refractivity contribution in [2.75, 3.05) is 13.2 Å². The molecule has 2 aromatic carbocycles. The molecular weight excluding hydrogens is 356 g/mol. The molecule has 0 aromatic heterocycles. The average Bonchev–Trinajstić information content (AvgIpc) is 2.71. The van der Waals surface area contributed by atoms with Crippen LogP contribution in [0.5, 0.6) is 0 Å². The zero-order valence-corrected chi connectivity index (χ0v) is 13.3. The number of ether oxygens (including phenoxy) is 2. The van der Waals surface area contributed by atoms with Gasteiger partial charge in [-0.2, -0.15) is 17.6 Å². The molecule has 1 saturated heterocycles. The number of aromatic carboxylic acids is 1. The Morgan fingerprint density at radius 3 is 1.73 bits per heavy atom. The third kappa shape index (κ3) is 3.06. The lowest BCUT2D eigenvalue weighted by molar-refractivity contribution is -0.222. The molecule has 1 aliphatic heterocycles. The SMILES string of the molecule is O=C(O)c1ccc(C2(c3ccccc3)OCC(F)(F)C(F)(F)CO2)cc1. The van der Waals surface area contributed by atoms with Gasteiger partial charge in [0.05, 0.1) is 5.56 Å². The number of hydrogen-bond acceptors (Lipinski definition) is 3. The van der Waals surface area contributed by atoms with Gasteiger partial charge in [-0.3, -0.25) is 0 Å². The molecule has 0 aliphatic carbocycles. The summed E-state index contributed by atoms with van der Waals surface area (Å²) in [5, 5.41) is 8.99. The fraction of sp³-hybridized carbons (Fsp3) is 0.278. The van der Waals surface area contributed by atoms with Crippen LogP contribution in [0.1, 0.15) is 21.5 Å². The quantitative estimate of drug-likeness (QED) is 0.833. The fourth-order valence-corrected chi connectivity index (χ4v) is 2.63. The first-order valence-corrected chi connectivity index (χ1v) is 7.61. The smallest absolute Gasteiger partial charge is 0.335 e. The Hall–Kier alpha value is -2.45. The summed E-state index contributed by atoms with van der Waals surface area (Å²) in [5.74, 6) is -12.0. The first-order chi connectivity index (χ1) is 12.2. The minimum atomic E-state index is -4.41. The topological polar surface area (TPSA) is 55.8 Å². The predicted molar refractivity (Wildman–Crippen MR) is 82.4 cm³/mol. The maximum atomic E-state index is 13.8. The van der Waals surface area contributed by atoms with Crippen molar-refractivity contribution in [3.05, 3.63) is 71.3 Å². The van der Waals surface area contributed by atoms with Crippen molar-refractivity contribution in [1.82, 2.24) is 0 Å². The van der Waals surface area contributed by atoms with E-state index in [9.17, 15) is 22.4 Å². The molecule has 138 valence electrons. The second-order valence-electron chi connectivity index (χ2n) is 5.85. The molecule has 0 amide bonds. The van der Waals surface area contributed by atoms with Crippen molar-refractivity contribution < 1.29 is 36.9 Å². The van der Waals surface area contributed by atoms with Gasteiger partial charge in [0.25, 0.3) is 0 Å². The molecule has 3 rings (SSSR count). The van der Waals surface area contributed by atoms with Crippen LogP contribution in [0.15, 0.2) is 54.6 Å². The van der Waals surface area contributed by atoms with E-state index in [0.717, 1.165) is 0 Å². The molecule has 2 aromatic rings. The summed E-state index contributed by atoms with van der Waals surface area (Å²) in [7, 11) is 0. The highest BCUT2D eigenvalue weighted by Gasteiger charge is 2.61. The summed E-state index contributed by atoms with van der Waals surface area (Å²) < 4.78 is 65.4. The summed E-state index contributed by atoms with van der Waals surface area (Å²) in [6.07, 6.45) is 0. The molecule has 26 heavy (non-hydrogen) atoms. The minimum Gasteiger partial charge on any atom is -0.478 e. The molecule has 1 N–H and O–H groups in total. The molecule has 0 unspecified atom stereocenters. The summed E-state index contributed by atoms with van der Waals surface area (Å²) >= 11 is 0. The Morgan fingerprint density at radius 2 is 1.27 bits per heavy atom. The van der Waals surface area contributed by atoms with Crippen LogP contribution in [0.2, 0.25) is 0 Å². The molecule has 0 spiro atoms. The van der Waals surface area contributed by atoms with Gasteiger partial charge in [0.2, 0.25) is 5.79 Å². The highest BCUT2D eigenvalue weighted by atomic mass is 19.3. The number of carboxylic acids is 1.